The van der Waals surface area contributed by atoms with Crippen LogP contribution in [-0.4, -0.2) is 53.3 Å². The number of nitrogens with zero attached hydrogens (tertiary/aromatic N) is 1. The highest BCUT2D eigenvalue weighted by molar-refractivity contribution is 8.00. The number of carbonyl (C=O) groups is 1. The third kappa shape index (κ3) is 4.04. The van der Waals surface area contributed by atoms with Crippen molar-refractivity contribution < 1.29 is 9.53 Å². The van der Waals surface area contributed by atoms with Gasteiger partial charge in [-0.2, -0.15) is 11.8 Å². The summed E-state index contributed by atoms with van der Waals surface area (Å²) in [5.41, 5.74) is -0.405. The summed E-state index contributed by atoms with van der Waals surface area (Å²) in [6.07, 6.45) is 7.07. The SMILES string of the molecule is CSC1(CNC2CCN(C(=O)OC(C)(C)C)C2)CCC1. The first-order valence-corrected chi connectivity index (χ1v) is 8.82. The van der Waals surface area contributed by atoms with Gasteiger partial charge in [-0.15, -0.1) is 0 Å². The largest absolute Gasteiger partial charge is 0.444 e. The van der Waals surface area contributed by atoms with Gasteiger partial charge in [0, 0.05) is 30.4 Å². The summed E-state index contributed by atoms with van der Waals surface area (Å²) in [6, 6.07) is 0.423. The van der Waals surface area contributed by atoms with Gasteiger partial charge in [-0.3, -0.25) is 0 Å². The fraction of sp³-hybridized carbons (Fsp3) is 0.933. The van der Waals surface area contributed by atoms with Crippen molar-refractivity contribution in [1.29, 1.82) is 0 Å². The topological polar surface area (TPSA) is 41.6 Å². The Morgan fingerprint density at radius 3 is 2.65 bits per heavy atom. The Hall–Kier alpha value is -0.420. The van der Waals surface area contributed by atoms with Crippen LogP contribution >= 0.6 is 11.8 Å². The minimum atomic E-state index is -0.405. The van der Waals surface area contributed by atoms with E-state index in [0.29, 0.717) is 10.8 Å². The van der Waals surface area contributed by atoms with Gasteiger partial charge in [0.1, 0.15) is 5.60 Å². The predicted molar refractivity (Wildman–Crippen MR) is 84.3 cm³/mol. The van der Waals surface area contributed by atoms with Crippen molar-refractivity contribution in [3.63, 3.8) is 0 Å². The van der Waals surface area contributed by atoms with Gasteiger partial charge in [-0.25, -0.2) is 4.79 Å². The first-order valence-electron chi connectivity index (χ1n) is 7.60. The summed E-state index contributed by atoms with van der Waals surface area (Å²) in [5, 5.41) is 3.65. The van der Waals surface area contributed by atoms with Gasteiger partial charge in [-0.05, 0) is 46.3 Å². The van der Waals surface area contributed by atoms with E-state index >= 15 is 0 Å². The van der Waals surface area contributed by atoms with E-state index in [1.165, 1.54) is 19.3 Å². The molecule has 1 amide bonds. The summed E-state index contributed by atoms with van der Waals surface area (Å²) < 4.78 is 5.88. The quantitative estimate of drug-likeness (QED) is 0.867. The molecule has 1 atom stereocenters. The summed E-state index contributed by atoms with van der Waals surface area (Å²) in [7, 11) is 0. The molecule has 116 valence electrons. The second-order valence-electron chi connectivity index (χ2n) is 7.03. The van der Waals surface area contributed by atoms with E-state index in [9.17, 15) is 4.79 Å². The Morgan fingerprint density at radius 1 is 1.45 bits per heavy atom. The third-order valence-corrected chi connectivity index (χ3v) is 5.67. The van der Waals surface area contributed by atoms with Gasteiger partial charge < -0.3 is 15.0 Å². The predicted octanol–water partition coefficient (Wildman–Crippen LogP) is 2.87. The maximum Gasteiger partial charge on any atom is 0.410 e. The summed E-state index contributed by atoms with van der Waals surface area (Å²) in [5.74, 6) is 0. The van der Waals surface area contributed by atoms with Crippen LogP contribution in [0.2, 0.25) is 0 Å². The van der Waals surface area contributed by atoms with Crippen molar-refractivity contribution in [2.45, 2.75) is 62.8 Å². The van der Waals surface area contributed by atoms with E-state index in [1.54, 1.807) is 0 Å². The molecule has 0 aromatic carbocycles. The van der Waals surface area contributed by atoms with Crippen LogP contribution in [0.1, 0.15) is 46.5 Å². The van der Waals surface area contributed by atoms with Crippen LogP contribution in [0.15, 0.2) is 0 Å². The Morgan fingerprint density at radius 2 is 2.15 bits per heavy atom. The Bertz CT molecular complexity index is 345. The van der Waals surface area contributed by atoms with Crippen LogP contribution in [0.3, 0.4) is 0 Å². The highest BCUT2D eigenvalue weighted by Gasteiger charge is 2.37. The van der Waals surface area contributed by atoms with Crippen molar-refractivity contribution in [2.24, 2.45) is 0 Å². The van der Waals surface area contributed by atoms with Gasteiger partial charge in [0.2, 0.25) is 0 Å². The van der Waals surface area contributed by atoms with Gasteiger partial charge >= 0.3 is 6.09 Å². The van der Waals surface area contributed by atoms with Crippen LogP contribution in [0.5, 0.6) is 0 Å². The highest BCUT2D eigenvalue weighted by Crippen LogP contribution is 2.42. The van der Waals surface area contributed by atoms with Crippen molar-refractivity contribution in [3.8, 4) is 0 Å². The number of hydrogen-bond acceptors (Lipinski definition) is 4. The number of thioether (sulfide) groups is 1. The molecule has 5 heteroatoms. The van der Waals surface area contributed by atoms with Gasteiger partial charge in [0.15, 0.2) is 0 Å². The molecular formula is C15H28N2O2S. The van der Waals surface area contributed by atoms with E-state index < -0.39 is 5.60 Å². The van der Waals surface area contributed by atoms with E-state index in [-0.39, 0.29) is 6.09 Å². The molecule has 20 heavy (non-hydrogen) atoms. The number of carbonyl (C=O) groups excluding carboxylic acids is 1. The first-order chi connectivity index (χ1) is 9.34. The van der Waals surface area contributed by atoms with E-state index in [1.807, 2.05) is 37.4 Å². The zero-order chi connectivity index (χ0) is 14.8. The first kappa shape index (κ1) is 16.0. The highest BCUT2D eigenvalue weighted by atomic mass is 32.2. The minimum absolute atomic E-state index is 0.176. The number of likely N-dealkylation sites (tertiary alicyclic amines) is 1. The average molecular weight is 300 g/mol. The zero-order valence-electron chi connectivity index (χ0n) is 13.2. The second-order valence-corrected chi connectivity index (χ2v) is 8.31. The van der Waals surface area contributed by atoms with Crippen molar-refractivity contribution in [1.82, 2.24) is 10.2 Å². The zero-order valence-corrected chi connectivity index (χ0v) is 14.0. The smallest absolute Gasteiger partial charge is 0.410 e. The number of rotatable bonds is 4. The molecule has 1 unspecified atom stereocenters. The molecule has 2 fully saturated rings. The molecule has 4 nitrogen and oxygen atoms in total. The van der Waals surface area contributed by atoms with Crippen LogP contribution < -0.4 is 5.32 Å². The fourth-order valence-electron chi connectivity index (χ4n) is 2.77. The summed E-state index contributed by atoms with van der Waals surface area (Å²) in [6.45, 7) is 8.39. The summed E-state index contributed by atoms with van der Waals surface area (Å²) in [4.78, 5) is 13.8. The van der Waals surface area contributed by atoms with E-state index in [4.69, 9.17) is 4.74 Å². The van der Waals surface area contributed by atoms with Gasteiger partial charge in [0.05, 0.1) is 0 Å². The molecule has 2 rings (SSSR count). The van der Waals surface area contributed by atoms with Crippen molar-refractivity contribution in [2.75, 3.05) is 25.9 Å². The van der Waals surface area contributed by atoms with Crippen LogP contribution in [0, 0.1) is 0 Å². The molecule has 1 aliphatic carbocycles. The monoisotopic (exact) mass is 300 g/mol. The average Bonchev–Trinajstić information content (AvgIpc) is 2.75. The van der Waals surface area contributed by atoms with Gasteiger partial charge in [-0.1, -0.05) is 6.42 Å². The lowest BCUT2D eigenvalue weighted by Gasteiger charge is -2.41. The molecule has 1 N–H and O–H groups in total. The van der Waals surface area contributed by atoms with Crippen molar-refractivity contribution in [3.05, 3.63) is 0 Å². The normalized spacial score (nSPS) is 25.4. The molecule has 1 saturated heterocycles. The lowest BCUT2D eigenvalue weighted by molar-refractivity contribution is 0.0291. The molecule has 0 radical (unpaired) electrons. The second kappa shape index (κ2) is 6.14. The number of nitrogens with one attached hydrogen (secondary N) is 1. The molecule has 0 spiro atoms. The molecule has 1 heterocycles. The molecule has 1 saturated carbocycles. The minimum Gasteiger partial charge on any atom is -0.444 e. The molecule has 0 bridgehead atoms. The van der Waals surface area contributed by atoms with Crippen molar-refractivity contribution >= 4 is 17.9 Å². The fourth-order valence-corrected chi connectivity index (χ4v) is 3.70. The molecule has 0 aromatic heterocycles. The molecule has 2 aliphatic rings. The van der Waals surface area contributed by atoms with E-state index in [2.05, 4.69) is 11.6 Å². The maximum absolute atomic E-state index is 12.0. The Balaban J connectivity index is 1.73. The molecule has 1 aliphatic heterocycles. The summed E-state index contributed by atoms with van der Waals surface area (Å²) >= 11 is 1.99. The Labute approximate surface area is 127 Å². The maximum atomic E-state index is 12.0. The number of amides is 1. The van der Waals surface area contributed by atoms with Crippen LogP contribution in [0.25, 0.3) is 0 Å². The third-order valence-electron chi connectivity index (χ3n) is 4.25. The number of ether oxygens (including phenoxy) is 1. The van der Waals surface area contributed by atoms with Crippen LogP contribution in [0.4, 0.5) is 4.79 Å². The molecule has 0 aromatic rings. The Kier molecular flexibility index (Phi) is 4.90. The standard InChI is InChI=1S/C15H28N2O2S/c1-14(2,3)19-13(18)17-9-6-12(10-17)16-11-15(20-4)7-5-8-15/h12,16H,5-11H2,1-4H3. The van der Waals surface area contributed by atoms with Gasteiger partial charge in [0.25, 0.3) is 0 Å². The lowest BCUT2D eigenvalue weighted by atomic mass is 9.84. The lowest BCUT2D eigenvalue weighted by Crippen LogP contribution is -2.47. The molecular weight excluding hydrogens is 272 g/mol. The van der Waals surface area contributed by atoms with E-state index in [0.717, 1.165) is 26.1 Å². The number of hydrogen-bond donors (Lipinski definition) is 1. The van der Waals surface area contributed by atoms with Crippen LogP contribution in [-0.2, 0) is 4.74 Å².